The number of benzene rings is 1. The minimum absolute atomic E-state index is 0.156. The van der Waals surface area contributed by atoms with Crippen LogP contribution < -0.4 is 11.5 Å². The van der Waals surface area contributed by atoms with Crippen LogP contribution >= 0.6 is 23.2 Å². The summed E-state index contributed by atoms with van der Waals surface area (Å²) in [6.45, 7) is 0. The number of halogens is 2. The van der Waals surface area contributed by atoms with Gasteiger partial charge in [0.25, 0.3) is 0 Å². The third kappa shape index (κ3) is 2.76. The van der Waals surface area contributed by atoms with Crippen LogP contribution in [-0.4, -0.2) is 30.8 Å². The number of allylic oxidation sites excluding steroid dienone is 2. The first kappa shape index (κ1) is 15.7. The lowest BCUT2D eigenvalue weighted by molar-refractivity contribution is 0.208. The number of nitrogens with two attached hydrogens (primary N) is 1. The van der Waals surface area contributed by atoms with Crippen molar-refractivity contribution in [1.29, 1.82) is 0 Å². The van der Waals surface area contributed by atoms with E-state index in [1.165, 1.54) is 0 Å². The summed E-state index contributed by atoms with van der Waals surface area (Å²) in [5.74, 6) is 5.76. The highest BCUT2D eigenvalue weighted by Gasteiger charge is 2.24. The maximum Gasteiger partial charge on any atom is 0.377 e. The molecule has 10 heteroatoms. The summed E-state index contributed by atoms with van der Waals surface area (Å²) in [6, 6.07) is 3.93. The van der Waals surface area contributed by atoms with Crippen molar-refractivity contribution in [2.45, 2.75) is 19.3 Å². The van der Waals surface area contributed by atoms with Crippen molar-refractivity contribution >= 4 is 29.2 Å². The molecule has 0 atom stereocenters. The van der Waals surface area contributed by atoms with Crippen LogP contribution in [0.25, 0.3) is 5.69 Å². The first-order valence-electron chi connectivity index (χ1n) is 6.78. The molecule has 1 aromatic carbocycles. The van der Waals surface area contributed by atoms with Crippen LogP contribution in [0, 0.1) is 0 Å². The molecule has 1 amide bonds. The molecule has 0 spiro atoms. The smallest absolute Gasteiger partial charge is 0.244 e. The van der Waals surface area contributed by atoms with E-state index in [2.05, 4.69) is 10.4 Å². The van der Waals surface area contributed by atoms with Gasteiger partial charge in [0.2, 0.25) is 0 Å². The van der Waals surface area contributed by atoms with Crippen molar-refractivity contribution < 1.29 is 4.79 Å². The Kier molecular flexibility index (Phi) is 4.20. The van der Waals surface area contributed by atoms with Crippen molar-refractivity contribution in [1.82, 2.24) is 24.8 Å². The Morgan fingerprint density at radius 2 is 1.96 bits per heavy atom. The van der Waals surface area contributed by atoms with Gasteiger partial charge in [0, 0.05) is 5.70 Å². The Bertz CT molecular complexity index is 836. The normalized spacial score (nSPS) is 14.0. The zero-order chi connectivity index (χ0) is 16.6. The number of para-hydroxylation sites is 1. The number of hydrazine groups is 1. The maximum absolute atomic E-state index is 12.4. The molecule has 1 aromatic heterocycles. The van der Waals surface area contributed by atoms with E-state index in [-0.39, 0.29) is 15.7 Å². The van der Waals surface area contributed by atoms with E-state index in [1.54, 1.807) is 18.2 Å². The largest absolute Gasteiger partial charge is 0.377 e. The number of hydrogen-bond acceptors (Lipinski definition) is 5. The van der Waals surface area contributed by atoms with Crippen molar-refractivity contribution in [2.75, 3.05) is 0 Å². The topological polar surface area (TPSA) is 99.0 Å². The molecule has 0 aliphatic heterocycles. The van der Waals surface area contributed by atoms with E-state index in [4.69, 9.17) is 29.0 Å². The predicted octanol–water partition coefficient (Wildman–Crippen LogP) is 1.95. The fraction of sp³-hybridized carbons (Fsp3) is 0.231. The molecule has 2 aromatic rings. The maximum atomic E-state index is 12.4. The highest BCUT2D eigenvalue weighted by molar-refractivity contribution is 6.37. The number of tetrazole rings is 1. The first-order chi connectivity index (χ1) is 11.0. The number of nitrogens with zero attached hydrogens (tertiary/aromatic N) is 5. The molecule has 0 saturated carbocycles. The molecule has 0 saturated heterocycles. The first-order valence-corrected chi connectivity index (χ1v) is 7.54. The van der Waals surface area contributed by atoms with Crippen LogP contribution in [0.15, 0.2) is 34.8 Å². The van der Waals surface area contributed by atoms with Gasteiger partial charge in [-0.3, -0.25) is 0 Å². The van der Waals surface area contributed by atoms with Gasteiger partial charge in [0.15, 0.2) is 0 Å². The fourth-order valence-electron chi connectivity index (χ4n) is 2.30. The second-order valence-corrected chi connectivity index (χ2v) is 5.71. The van der Waals surface area contributed by atoms with Gasteiger partial charge < -0.3 is 0 Å². The molecule has 0 unspecified atom stereocenters. The molecule has 1 heterocycles. The van der Waals surface area contributed by atoms with E-state index < -0.39 is 11.7 Å². The molecular formula is C13H12Cl2N6O2. The lowest BCUT2D eigenvalue weighted by Crippen LogP contribution is -2.44. The standard InChI is InChI=1S/C13H12Cl2N6O2/c14-9-6-3-7-10(15)11(9)20-13(23)21(18-17-20)12(22)19(16)8-4-1-2-5-8/h3-4,6-7H,1-2,5,16H2. The second-order valence-electron chi connectivity index (χ2n) is 4.90. The lowest BCUT2D eigenvalue weighted by Gasteiger charge is -2.15. The van der Waals surface area contributed by atoms with E-state index in [0.717, 1.165) is 22.5 Å². The molecule has 23 heavy (non-hydrogen) atoms. The predicted molar refractivity (Wildman–Crippen MR) is 84.4 cm³/mol. The number of carbonyl (C=O) groups excluding carboxylic acids is 1. The van der Waals surface area contributed by atoms with E-state index in [9.17, 15) is 9.59 Å². The summed E-state index contributed by atoms with van der Waals surface area (Å²) in [4.78, 5) is 24.7. The molecule has 1 aliphatic rings. The number of rotatable bonds is 2. The zero-order valence-electron chi connectivity index (χ0n) is 11.8. The Balaban J connectivity index is 2.00. The van der Waals surface area contributed by atoms with Gasteiger partial charge in [-0.2, -0.15) is 4.68 Å². The van der Waals surface area contributed by atoms with Gasteiger partial charge in [-0.15, -0.1) is 4.68 Å². The zero-order valence-corrected chi connectivity index (χ0v) is 13.3. The summed E-state index contributed by atoms with van der Waals surface area (Å²) in [5, 5.41) is 8.56. The van der Waals surface area contributed by atoms with Crippen LogP contribution in [0.2, 0.25) is 10.0 Å². The minimum atomic E-state index is -0.806. The van der Waals surface area contributed by atoms with Gasteiger partial charge in [0.05, 0.1) is 10.0 Å². The quantitative estimate of drug-likeness (QED) is 0.384. The molecular weight excluding hydrogens is 343 g/mol. The Hall–Kier alpha value is -2.16. The molecule has 8 nitrogen and oxygen atoms in total. The molecule has 0 radical (unpaired) electrons. The van der Waals surface area contributed by atoms with Crippen LogP contribution in [0.4, 0.5) is 4.79 Å². The SMILES string of the molecule is NN(C(=O)n1nnn(-c2c(Cl)cccc2Cl)c1=O)C1=CCCC1. The second kappa shape index (κ2) is 6.15. The van der Waals surface area contributed by atoms with Crippen LogP contribution in [0.5, 0.6) is 0 Å². The van der Waals surface area contributed by atoms with Gasteiger partial charge in [0.1, 0.15) is 5.69 Å². The molecule has 2 N–H and O–H groups in total. The van der Waals surface area contributed by atoms with Crippen LogP contribution in [0.1, 0.15) is 19.3 Å². The average Bonchev–Trinajstić information content (AvgIpc) is 3.17. The van der Waals surface area contributed by atoms with E-state index >= 15 is 0 Å². The van der Waals surface area contributed by atoms with E-state index in [0.29, 0.717) is 16.8 Å². The lowest BCUT2D eigenvalue weighted by atomic mass is 10.3. The number of aromatic nitrogens is 4. The van der Waals surface area contributed by atoms with Gasteiger partial charge in [-0.1, -0.05) is 35.3 Å². The van der Waals surface area contributed by atoms with Gasteiger partial charge in [-0.05, 0) is 41.8 Å². The van der Waals surface area contributed by atoms with Crippen molar-refractivity contribution in [3.63, 3.8) is 0 Å². The summed E-state index contributed by atoms with van der Waals surface area (Å²) in [7, 11) is 0. The third-order valence-electron chi connectivity index (χ3n) is 3.44. The van der Waals surface area contributed by atoms with Crippen molar-refractivity contribution in [2.24, 2.45) is 5.84 Å². The van der Waals surface area contributed by atoms with Crippen LogP contribution in [-0.2, 0) is 0 Å². The fourth-order valence-corrected chi connectivity index (χ4v) is 2.85. The monoisotopic (exact) mass is 354 g/mol. The van der Waals surface area contributed by atoms with E-state index in [1.807, 2.05) is 6.08 Å². The molecule has 0 fully saturated rings. The number of amides is 1. The Morgan fingerprint density at radius 3 is 2.57 bits per heavy atom. The summed E-state index contributed by atoms with van der Waals surface area (Å²) < 4.78 is 1.43. The highest BCUT2D eigenvalue weighted by atomic mass is 35.5. The Morgan fingerprint density at radius 1 is 1.26 bits per heavy atom. The number of carbonyl (C=O) groups is 1. The third-order valence-corrected chi connectivity index (χ3v) is 4.05. The average molecular weight is 355 g/mol. The Labute approximate surface area is 140 Å². The molecule has 120 valence electrons. The summed E-state index contributed by atoms with van der Waals surface area (Å²) >= 11 is 12.1. The highest BCUT2D eigenvalue weighted by Crippen LogP contribution is 2.26. The summed E-state index contributed by atoms with van der Waals surface area (Å²) in [6.07, 6.45) is 4.26. The van der Waals surface area contributed by atoms with Crippen molar-refractivity contribution in [3.05, 3.63) is 50.5 Å². The van der Waals surface area contributed by atoms with Gasteiger partial charge in [-0.25, -0.2) is 20.4 Å². The minimum Gasteiger partial charge on any atom is -0.244 e. The molecule has 3 rings (SSSR count). The van der Waals surface area contributed by atoms with Crippen molar-refractivity contribution in [3.8, 4) is 5.69 Å². The molecule has 0 bridgehead atoms. The summed E-state index contributed by atoms with van der Waals surface area (Å²) in [5.41, 5.74) is -0.00481. The number of hydrogen-bond donors (Lipinski definition) is 1. The van der Waals surface area contributed by atoms with Gasteiger partial charge >= 0.3 is 11.7 Å². The van der Waals surface area contributed by atoms with Crippen LogP contribution in [0.3, 0.4) is 0 Å². The molecule has 1 aliphatic carbocycles.